The molecule has 5 nitrogen and oxygen atoms in total. The van der Waals surface area contributed by atoms with Crippen molar-refractivity contribution in [3.63, 3.8) is 0 Å². The number of hydrogen-bond donors (Lipinski definition) is 1. The predicted molar refractivity (Wildman–Crippen MR) is 80.2 cm³/mol. The van der Waals surface area contributed by atoms with Crippen LogP contribution in [0.1, 0.15) is 31.7 Å². The van der Waals surface area contributed by atoms with Gasteiger partial charge < -0.3 is 9.73 Å². The zero-order valence-corrected chi connectivity index (χ0v) is 12.4. The monoisotopic (exact) mass is 274 g/mol. The first kappa shape index (κ1) is 14.5. The van der Waals surface area contributed by atoms with Gasteiger partial charge in [-0.3, -0.25) is 4.90 Å². The van der Waals surface area contributed by atoms with E-state index in [4.69, 9.17) is 4.42 Å². The van der Waals surface area contributed by atoms with Crippen LogP contribution in [0.15, 0.2) is 28.7 Å². The largest absolute Gasteiger partial charge is 0.406 e. The Kier molecular flexibility index (Phi) is 5.12. The van der Waals surface area contributed by atoms with Gasteiger partial charge in [-0.1, -0.05) is 29.7 Å². The Morgan fingerprint density at radius 1 is 1.15 bits per heavy atom. The molecule has 0 atom stereocenters. The molecule has 2 rings (SSSR count). The Labute approximate surface area is 120 Å². The van der Waals surface area contributed by atoms with Gasteiger partial charge in [0.15, 0.2) is 0 Å². The standard InChI is InChI=1S/C15H22N4O/c1-4-10-16-11-14-17-18-15(20-14)19(5-2)13-8-6-12(3)7-9-13/h6-9,16H,4-5,10-11H2,1-3H3. The fourth-order valence-corrected chi connectivity index (χ4v) is 1.95. The van der Waals surface area contributed by atoms with E-state index in [2.05, 4.69) is 60.6 Å². The fourth-order valence-electron chi connectivity index (χ4n) is 1.95. The molecule has 5 heteroatoms. The van der Waals surface area contributed by atoms with Crippen molar-refractivity contribution in [3.05, 3.63) is 35.7 Å². The third kappa shape index (κ3) is 3.57. The molecule has 0 aliphatic carbocycles. The summed E-state index contributed by atoms with van der Waals surface area (Å²) in [6, 6.07) is 8.84. The number of aromatic nitrogens is 2. The maximum absolute atomic E-state index is 5.71. The number of hydrogen-bond acceptors (Lipinski definition) is 5. The topological polar surface area (TPSA) is 54.2 Å². The summed E-state index contributed by atoms with van der Waals surface area (Å²) in [6.07, 6.45) is 1.09. The number of aryl methyl sites for hydroxylation is 1. The first-order valence-corrected chi connectivity index (χ1v) is 7.12. The molecular weight excluding hydrogens is 252 g/mol. The molecule has 0 unspecified atom stereocenters. The number of nitrogens with one attached hydrogen (secondary N) is 1. The molecule has 1 heterocycles. The van der Waals surface area contributed by atoms with Crippen LogP contribution < -0.4 is 10.2 Å². The zero-order chi connectivity index (χ0) is 14.4. The molecule has 0 fully saturated rings. The maximum Gasteiger partial charge on any atom is 0.322 e. The van der Waals surface area contributed by atoms with Crippen molar-refractivity contribution in [2.45, 2.75) is 33.7 Å². The molecule has 1 N–H and O–H groups in total. The van der Waals surface area contributed by atoms with E-state index in [1.54, 1.807) is 0 Å². The smallest absolute Gasteiger partial charge is 0.322 e. The number of nitrogens with zero attached hydrogens (tertiary/aromatic N) is 3. The maximum atomic E-state index is 5.71. The molecule has 0 spiro atoms. The van der Waals surface area contributed by atoms with Crippen LogP contribution in [-0.2, 0) is 6.54 Å². The lowest BCUT2D eigenvalue weighted by Crippen LogP contribution is -2.16. The van der Waals surface area contributed by atoms with Gasteiger partial charge in [-0.05, 0) is 38.9 Å². The van der Waals surface area contributed by atoms with Gasteiger partial charge >= 0.3 is 6.01 Å². The van der Waals surface area contributed by atoms with E-state index in [0.717, 1.165) is 25.2 Å². The van der Waals surface area contributed by atoms with Crippen LogP contribution >= 0.6 is 0 Å². The van der Waals surface area contributed by atoms with Crippen molar-refractivity contribution in [1.29, 1.82) is 0 Å². The summed E-state index contributed by atoms with van der Waals surface area (Å²) in [6.45, 7) is 8.62. The van der Waals surface area contributed by atoms with Gasteiger partial charge in [0.2, 0.25) is 5.89 Å². The molecule has 20 heavy (non-hydrogen) atoms. The van der Waals surface area contributed by atoms with E-state index < -0.39 is 0 Å². The summed E-state index contributed by atoms with van der Waals surface area (Å²) in [4.78, 5) is 2.01. The van der Waals surface area contributed by atoms with Crippen molar-refractivity contribution in [3.8, 4) is 0 Å². The van der Waals surface area contributed by atoms with E-state index in [0.29, 0.717) is 18.5 Å². The Balaban J connectivity index is 2.09. The van der Waals surface area contributed by atoms with Crippen LogP contribution in [-0.4, -0.2) is 23.3 Å². The molecule has 2 aromatic rings. The second-order valence-corrected chi connectivity index (χ2v) is 4.73. The molecule has 0 bridgehead atoms. The highest BCUT2D eigenvalue weighted by Crippen LogP contribution is 2.23. The van der Waals surface area contributed by atoms with Crippen molar-refractivity contribution >= 4 is 11.7 Å². The summed E-state index contributed by atoms with van der Waals surface area (Å²) >= 11 is 0. The van der Waals surface area contributed by atoms with Crippen LogP contribution in [0.3, 0.4) is 0 Å². The molecule has 0 aliphatic rings. The minimum atomic E-state index is 0.546. The van der Waals surface area contributed by atoms with Crippen LogP contribution in [0.2, 0.25) is 0 Å². The SMILES string of the molecule is CCCNCc1nnc(N(CC)c2ccc(C)cc2)o1. The Morgan fingerprint density at radius 2 is 1.90 bits per heavy atom. The van der Waals surface area contributed by atoms with Gasteiger partial charge in [0, 0.05) is 12.2 Å². The highest BCUT2D eigenvalue weighted by atomic mass is 16.4. The van der Waals surface area contributed by atoms with E-state index in [9.17, 15) is 0 Å². The quantitative estimate of drug-likeness (QED) is 0.786. The Hall–Kier alpha value is -1.88. The third-order valence-electron chi connectivity index (χ3n) is 3.05. The minimum Gasteiger partial charge on any atom is -0.406 e. The predicted octanol–water partition coefficient (Wildman–Crippen LogP) is 3.04. The van der Waals surface area contributed by atoms with Crippen LogP contribution in [0.4, 0.5) is 11.7 Å². The van der Waals surface area contributed by atoms with E-state index in [1.165, 1.54) is 5.56 Å². The zero-order valence-electron chi connectivity index (χ0n) is 12.4. The van der Waals surface area contributed by atoms with Gasteiger partial charge in [0.1, 0.15) is 0 Å². The highest BCUT2D eigenvalue weighted by Gasteiger charge is 2.14. The lowest BCUT2D eigenvalue weighted by atomic mass is 10.2. The average molecular weight is 274 g/mol. The summed E-state index contributed by atoms with van der Waals surface area (Å²) < 4.78 is 5.71. The third-order valence-corrected chi connectivity index (χ3v) is 3.05. The first-order chi connectivity index (χ1) is 9.74. The van der Waals surface area contributed by atoms with Crippen molar-refractivity contribution < 1.29 is 4.42 Å². The summed E-state index contributed by atoms with van der Waals surface area (Å²) in [7, 11) is 0. The molecule has 108 valence electrons. The second-order valence-electron chi connectivity index (χ2n) is 4.73. The first-order valence-electron chi connectivity index (χ1n) is 7.12. The van der Waals surface area contributed by atoms with Gasteiger partial charge in [0.05, 0.1) is 6.54 Å². The van der Waals surface area contributed by atoms with E-state index in [1.807, 2.05) is 4.90 Å². The van der Waals surface area contributed by atoms with Crippen molar-refractivity contribution in [2.75, 3.05) is 18.0 Å². The average Bonchev–Trinajstić information content (AvgIpc) is 2.91. The molecule has 0 aliphatic heterocycles. The van der Waals surface area contributed by atoms with E-state index >= 15 is 0 Å². The number of anilines is 2. The van der Waals surface area contributed by atoms with Crippen molar-refractivity contribution in [2.24, 2.45) is 0 Å². The van der Waals surface area contributed by atoms with E-state index in [-0.39, 0.29) is 0 Å². The lowest BCUT2D eigenvalue weighted by molar-refractivity contribution is 0.469. The molecule has 1 aromatic carbocycles. The van der Waals surface area contributed by atoms with Gasteiger partial charge in [-0.25, -0.2) is 0 Å². The summed E-state index contributed by atoms with van der Waals surface area (Å²) in [5.41, 5.74) is 2.30. The normalized spacial score (nSPS) is 10.8. The molecule has 1 aromatic heterocycles. The van der Waals surface area contributed by atoms with Crippen molar-refractivity contribution in [1.82, 2.24) is 15.5 Å². The van der Waals surface area contributed by atoms with Crippen LogP contribution in [0.5, 0.6) is 0 Å². The molecular formula is C15H22N4O. The Morgan fingerprint density at radius 3 is 2.55 bits per heavy atom. The van der Waals surface area contributed by atoms with Gasteiger partial charge in [0.25, 0.3) is 0 Å². The fraction of sp³-hybridized carbons (Fsp3) is 0.467. The number of rotatable bonds is 7. The summed E-state index contributed by atoms with van der Waals surface area (Å²) in [5, 5.41) is 11.5. The minimum absolute atomic E-state index is 0.546. The lowest BCUT2D eigenvalue weighted by Gasteiger charge is -2.18. The molecule has 0 saturated heterocycles. The Bertz CT molecular complexity index is 521. The molecule has 0 saturated carbocycles. The van der Waals surface area contributed by atoms with Gasteiger partial charge in [-0.15, -0.1) is 5.10 Å². The van der Waals surface area contributed by atoms with Gasteiger partial charge in [-0.2, -0.15) is 0 Å². The summed E-state index contributed by atoms with van der Waals surface area (Å²) in [5.74, 6) is 0.624. The highest BCUT2D eigenvalue weighted by molar-refractivity contribution is 5.56. The van der Waals surface area contributed by atoms with Crippen LogP contribution in [0.25, 0.3) is 0 Å². The number of benzene rings is 1. The second kappa shape index (κ2) is 7.05. The van der Waals surface area contributed by atoms with Crippen LogP contribution in [0, 0.1) is 6.92 Å². The molecule has 0 radical (unpaired) electrons. The molecule has 0 amide bonds.